The standard InChI is InChI=1S/C6H10F3O/c1-5(2)10-4-3-6(7,8)9/h3,5H,4H2,1-2H3. The molecule has 1 radical (unpaired) electrons. The molecule has 0 saturated carbocycles. The van der Waals surface area contributed by atoms with Crippen molar-refractivity contribution in [2.75, 3.05) is 6.61 Å². The zero-order chi connectivity index (χ0) is 8.20. The van der Waals surface area contributed by atoms with Gasteiger partial charge < -0.3 is 4.74 Å². The average molecular weight is 155 g/mol. The van der Waals surface area contributed by atoms with Crippen molar-refractivity contribution in [1.82, 2.24) is 0 Å². The van der Waals surface area contributed by atoms with Crippen LogP contribution in [0.15, 0.2) is 0 Å². The van der Waals surface area contributed by atoms with Crippen molar-refractivity contribution in [1.29, 1.82) is 0 Å². The predicted octanol–water partition coefficient (Wildman–Crippen LogP) is 2.18. The molecule has 0 N–H and O–H groups in total. The van der Waals surface area contributed by atoms with Gasteiger partial charge in [0.05, 0.1) is 19.1 Å². The highest BCUT2D eigenvalue weighted by Crippen LogP contribution is 2.18. The maximum Gasteiger partial charge on any atom is 0.394 e. The summed E-state index contributed by atoms with van der Waals surface area (Å²) >= 11 is 0. The monoisotopic (exact) mass is 155 g/mol. The maximum atomic E-state index is 11.4. The summed E-state index contributed by atoms with van der Waals surface area (Å²) < 4.78 is 38.8. The highest BCUT2D eigenvalue weighted by molar-refractivity contribution is 4.73. The Hall–Kier alpha value is -0.250. The highest BCUT2D eigenvalue weighted by Gasteiger charge is 2.27. The smallest absolute Gasteiger partial charge is 0.378 e. The van der Waals surface area contributed by atoms with Gasteiger partial charge in [0.2, 0.25) is 0 Å². The lowest BCUT2D eigenvalue weighted by molar-refractivity contribution is -0.107. The van der Waals surface area contributed by atoms with Crippen LogP contribution >= 0.6 is 0 Å². The molecule has 0 atom stereocenters. The molecule has 0 aliphatic rings. The number of halogens is 3. The zero-order valence-electron chi connectivity index (χ0n) is 5.90. The average Bonchev–Trinajstić information content (AvgIpc) is 1.59. The van der Waals surface area contributed by atoms with E-state index in [0.717, 1.165) is 0 Å². The van der Waals surface area contributed by atoms with Gasteiger partial charge in [-0.25, -0.2) is 0 Å². The van der Waals surface area contributed by atoms with Crippen LogP contribution < -0.4 is 0 Å². The first-order chi connectivity index (χ1) is 4.42. The quantitative estimate of drug-likeness (QED) is 0.607. The summed E-state index contributed by atoms with van der Waals surface area (Å²) in [5, 5.41) is 0. The Morgan fingerprint density at radius 3 is 2.20 bits per heavy atom. The second-order valence-electron chi connectivity index (χ2n) is 2.13. The molecule has 0 fully saturated rings. The van der Waals surface area contributed by atoms with Crippen LogP contribution in [0.4, 0.5) is 13.2 Å². The molecule has 0 aromatic rings. The van der Waals surface area contributed by atoms with E-state index in [0.29, 0.717) is 0 Å². The van der Waals surface area contributed by atoms with Gasteiger partial charge in [-0.15, -0.1) is 0 Å². The first-order valence-corrected chi connectivity index (χ1v) is 2.94. The molecule has 0 aliphatic carbocycles. The Balaban J connectivity index is 3.21. The maximum absolute atomic E-state index is 11.4. The Morgan fingerprint density at radius 1 is 1.40 bits per heavy atom. The molecule has 0 bridgehead atoms. The summed E-state index contributed by atoms with van der Waals surface area (Å²) in [7, 11) is 0. The van der Waals surface area contributed by atoms with Crippen LogP contribution in [0.1, 0.15) is 13.8 Å². The molecule has 61 valence electrons. The SMILES string of the molecule is CC(C)OC[CH]C(F)(F)F. The molecule has 10 heavy (non-hydrogen) atoms. The largest absolute Gasteiger partial charge is 0.394 e. The third-order valence-electron chi connectivity index (χ3n) is 0.744. The van der Waals surface area contributed by atoms with Gasteiger partial charge in [0.15, 0.2) is 0 Å². The van der Waals surface area contributed by atoms with Gasteiger partial charge in [-0.3, -0.25) is 0 Å². The lowest BCUT2D eigenvalue weighted by Gasteiger charge is -2.08. The van der Waals surface area contributed by atoms with Crippen molar-refractivity contribution in [3.05, 3.63) is 6.42 Å². The fourth-order valence-corrected chi connectivity index (χ4v) is 0.335. The third kappa shape index (κ3) is 7.75. The first-order valence-electron chi connectivity index (χ1n) is 2.94. The minimum Gasteiger partial charge on any atom is -0.378 e. The number of hydrogen-bond donors (Lipinski definition) is 0. The van der Waals surface area contributed by atoms with Crippen LogP contribution in [0.3, 0.4) is 0 Å². The number of alkyl halides is 3. The lowest BCUT2D eigenvalue weighted by atomic mass is 10.4. The van der Waals surface area contributed by atoms with E-state index in [1.54, 1.807) is 13.8 Å². The highest BCUT2D eigenvalue weighted by atomic mass is 19.4. The van der Waals surface area contributed by atoms with Crippen molar-refractivity contribution in [2.24, 2.45) is 0 Å². The van der Waals surface area contributed by atoms with Crippen LogP contribution in [0.2, 0.25) is 0 Å². The fourth-order valence-electron chi connectivity index (χ4n) is 0.335. The topological polar surface area (TPSA) is 9.23 Å². The normalized spacial score (nSPS) is 12.6. The number of rotatable bonds is 3. The Labute approximate surface area is 58.2 Å². The van der Waals surface area contributed by atoms with Gasteiger partial charge in [0.1, 0.15) is 0 Å². The lowest BCUT2D eigenvalue weighted by Crippen LogP contribution is -2.15. The van der Waals surface area contributed by atoms with E-state index >= 15 is 0 Å². The molecule has 4 heteroatoms. The van der Waals surface area contributed by atoms with E-state index in [2.05, 4.69) is 4.74 Å². The van der Waals surface area contributed by atoms with E-state index in [-0.39, 0.29) is 19.1 Å². The van der Waals surface area contributed by atoms with Crippen LogP contribution in [0.25, 0.3) is 0 Å². The van der Waals surface area contributed by atoms with Crippen molar-refractivity contribution in [3.63, 3.8) is 0 Å². The molecular weight excluding hydrogens is 145 g/mol. The van der Waals surface area contributed by atoms with E-state index in [9.17, 15) is 13.2 Å². The summed E-state index contributed by atoms with van der Waals surface area (Å²) in [5.41, 5.74) is 0. The van der Waals surface area contributed by atoms with Gasteiger partial charge in [-0.1, -0.05) is 0 Å². The zero-order valence-corrected chi connectivity index (χ0v) is 5.90. The van der Waals surface area contributed by atoms with Gasteiger partial charge >= 0.3 is 6.18 Å². The van der Waals surface area contributed by atoms with Gasteiger partial charge in [-0.05, 0) is 13.8 Å². The van der Waals surface area contributed by atoms with Crippen molar-refractivity contribution in [2.45, 2.75) is 26.1 Å². The van der Waals surface area contributed by atoms with Crippen LogP contribution in [-0.4, -0.2) is 18.9 Å². The van der Waals surface area contributed by atoms with E-state index in [4.69, 9.17) is 0 Å². The summed E-state index contributed by atoms with van der Waals surface area (Å²) in [6.07, 6.45) is -4.18. The van der Waals surface area contributed by atoms with Crippen molar-refractivity contribution < 1.29 is 17.9 Å². The summed E-state index contributed by atoms with van der Waals surface area (Å²) in [5.74, 6) is 0. The Kier molecular flexibility index (Phi) is 3.71. The Bertz CT molecular complexity index is 87.5. The molecule has 0 aromatic heterocycles. The summed E-state index contributed by atoms with van der Waals surface area (Å²) in [6, 6.07) is 0. The molecular formula is C6H10F3O. The first kappa shape index (κ1) is 9.75. The summed E-state index contributed by atoms with van der Waals surface area (Å²) in [6.45, 7) is 3.01. The van der Waals surface area contributed by atoms with Crippen molar-refractivity contribution in [3.8, 4) is 0 Å². The molecule has 0 saturated heterocycles. The van der Waals surface area contributed by atoms with Gasteiger partial charge in [0, 0.05) is 0 Å². The van der Waals surface area contributed by atoms with E-state index < -0.39 is 6.18 Å². The minimum absolute atomic E-state index is 0.154. The van der Waals surface area contributed by atoms with Crippen LogP contribution in [0, 0.1) is 6.42 Å². The summed E-state index contributed by atoms with van der Waals surface area (Å²) in [4.78, 5) is 0. The molecule has 0 heterocycles. The molecule has 0 aliphatic heterocycles. The minimum atomic E-state index is -4.21. The van der Waals surface area contributed by atoms with Crippen LogP contribution in [0.5, 0.6) is 0 Å². The van der Waals surface area contributed by atoms with Gasteiger partial charge in [0.25, 0.3) is 0 Å². The second-order valence-corrected chi connectivity index (χ2v) is 2.13. The van der Waals surface area contributed by atoms with E-state index in [1.165, 1.54) is 0 Å². The molecule has 0 rings (SSSR count). The molecule has 0 aromatic carbocycles. The van der Waals surface area contributed by atoms with Gasteiger partial charge in [-0.2, -0.15) is 13.2 Å². The Morgan fingerprint density at radius 2 is 1.90 bits per heavy atom. The molecule has 1 nitrogen and oxygen atoms in total. The molecule has 0 amide bonds. The predicted molar refractivity (Wildman–Crippen MR) is 31.4 cm³/mol. The number of ether oxygens (including phenoxy) is 1. The van der Waals surface area contributed by atoms with Crippen molar-refractivity contribution >= 4 is 0 Å². The third-order valence-corrected chi connectivity index (χ3v) is 0.744. The fraction of sp³-hybridized carbons (Fsp3) is 0.833. The molecule has 0 unspecified atom stereocenters. The molecule has 0 spiro atoms. The van der Waals surface area contributed by atoms with E-state index in [1.807, 2.05) is 0 Å². The van der Waals surface area contributed by atoms with Crippen LogP contribution in [-0.2, 0) is 4.74 Å². The number of hydrogen-bond acceptors (Lipinski definition) is 1. The second kappa shape index (κ2) is 3.81.